The first-order valence-corrected chi connectivity index (χ1v) is 7.61. The molecule has 1 aromatic carbocycles. The Balaban J connectivity index is 2.02. The van der Waals surface area contributed by atoms with Crippen molar-refractivity contribution < 1.29 is 9.53 Å². The summed E-state index contributed by atoms with van der Waals surface area (Å²) in [6, 6.07) is 10.4. The van der Waals surface area contributed by atoms with Crippen LogP contribution >= 0.6 is 0 Å². The molecule has 0 saturated heterocycles. The first kappa shape index (κ1) is 14.8. The molecule has 0 atom stereocenters. The van der Waals surface area contributed by atoms with Crippen LogP contribution in [0.3, 0.4) is 0 Å². The van der Waals surface area contributed by atoms with E-state index in [0.29, 0.717) is 12.5 Å². The van der Waals surface area contributed by atoms with Gasteiger partial charge in [0.1, 0.15) is 6.61 Å². The highest BCUT2D eigenvalue weighted by Gasteiger charge is 2.13. The van der Waals surface area contributed by atoms with E-state index < -0.39 is 0 Å². The summed E-state index contributed by atoms with van der Waals surface area (Å²) in [5.41, 5.74) is 2.51. The van der Waals surface area contributed by atoms with Crippen molar-refractivity contribution in [3.63, 3.8) is 0 Å². The molecule has 0 unspecified atom stereocenters. The second-order valence-corrected chi connectivity index (χ2v) is 5.67. The van der Waals surface area contributed by atoms with Gasteiger partial charge in [0, 0.05) is 6.92 Å². The number of ether oxygens (including phenoxy) is 1. The van der Waals surface area contributed by atoms with Crippen LogP contribution in [-0.4, -0.2) is 12.6 Å². The highest BCUT2D eigenvalue weighted by Crippen LogP contribution is 2.26. The van der Waals surface area contributed by atoms with E-state index in [0.717, 1.165) is 6.42 Å². The zero-order valence-electron chi connectivity index (χ0n) is 12.3. The van der Waals surface area contributed by atoms with Crippen LogP contribution in [0.5, 0.6) is 0 Å². The third-order valence-corrected chi connectivity index (χ3v) is 3.86. The van der Waals surface area contributed by atoms with Gasteiger partial charge in [-0.25, -0.2) is 0 Å². The fraction of sp³-hybridized carbons (Fsp3) is 0.500. The zero-order chi connectivity index (χ0) is 14.2. The lowest BCUT2D eigenvalue weighted by Crippen LogP contribution is -2.09. The topological polar surface area (TPSA) is 26.3 Å². The Bertz CT molecular complexity index is 442. The monoisotopic (exact) mass is 272 g/mol. The Labute approximate surface area is 121 Å². The number of benzene rings is 1. The molecule has 2 heteroatoms. The van der Waals surface area contributed by atoms with Gasteiger partial charge in [0.05, 0.1) is 0 Å². The maximum atomic E-state index is 11.0. The van der Waals surface area contributed by atoms with Gasteiger partial charge in [-0.2, -0.15) is 0 Å². The molecule has 1 aromatic rings. The van der Waals surface area contributed by atoms with Gasteiger partial charge in [0.2, 0.25) is 0 Å². The molecular weight excluding hydrogens is 248 g/mol. The van der Waals surface area contributed by atoms with Crippen LogP contribution in [0.25, 0.3) is 0 Å². The van der Waals surface area contributed by atoms with Crippen molar-refractivity contribution >= 4 is 5.97 Å². The van der Waals surface area contributed by atoms with Crippen LogP contribution in [0, 0.1) is 5.92 Å². The fourth-order valence-electron chi connectivity index (χ4n) is 2.84. The Kier molecular flexibility index (Phi) is 5.85. The van der Waals surface area contributed by atoms with Crippen molar-refractivity contribution in [1.29, 1.82) is 0 Å². The van der Waals surface area contributed by atoms with Gasteiger partial charge in [0.25, 0.3) is 0 Å². The average molecular weight is 272 g/mol. The lowest BCUT2D eigenvalue weighted by Gasteiger charge is -2.20. The molecule has 1 aliphatic rings. The molecule has 0 aromatic heterocycles. The van der Waals surface area contributed by atoms with Gasteiger partial charge in [-0.05, 0) is 36.3 Å². The van der Waals surface area contributed by atoms with E-state index in [2.05, 4.69) is 30.3 Å². The largest absolute Gasteiger partial charge is 0.461 e. The van der Waals surface area contributed by atoms with Crippen molar-refractivity contribution in [3.8, 4) is 0 Å². The molecule has 0 aliphatic heterocycles. The molecule has 20 heavy (non-hydrogen) atoms. The van der Waals surface area contributed by atoms with E-state index in [9.17, 15) is 4.79 Å². The molecule has 0 spiro atoms. The molecule has 2 nitrogen and oxygen atoms in total. The number of carbonyl (C=O) groups is 1. The van der Waals surface area contributed by atoms with Crippen LogP contribution in [0.2, 0.25) is 0 Å². The maximum Gasteiger partial charge on any atom is 0.302 e. The van der Waals surface area contributed by atoms with Crippen molar-refractivity contribution in [2.45, 2.75) is 45.4 Å². The molecule has 0 heterocycles. The smallest absolute Gasteiger partial charge is 0.302 e. The highest BCUT2D eigenvalue weighted by atomic mass is 16.5. The van der Waals surface area contributed by atoms with Gasteiger partial charge in [-0.3, -0.25) is 4.79 Å². The minimum absolute atomic E-state index is 0.201. The standard InChI is InChI=1S/C18H24O2/c1-15(19)20-14-18(12-16-8-4-2-5-9-16)13-17-10-6-3-7-11-17/h2,4-5,8-9,13,17H,3,6-7,10-12,14H2,1H3. The van der Waals surface area contributed by atoms with Gasteiger partial charge in [-0.1, -0.05) is 55.7 Å². The summed E-state index contributed by atoms with van der Waals surface area (Å²) in [5.74, 6) is 0.464. The molecule has 0 bridgehead atoms. The number of rotatable bonds is 5. The van der Waals surface area contributed by atoms with Gasteiger partial charge >= 0.3 is 5.97 Å². The lowest BCUT2D eigenvalue weighted by molar-refractivity contribution is -0.140. The molecule has 1 fully saturated rings. The van der Waals surface area contributed by atoms with Gasteiger partial charge < -0.3 is 4.74 Å². The Morgan fingerprint density at radius 1 is 1.20 bits per heavy atom. The van der Waals surface area contributed by atoms with E-state index in [1.807, 2.05) is 6.07 Å². The summed E-state index contributed by atoms with van der Waals surface area (Å²) in [4.78, 5) is 11.0. The number of hydrogen-bond donors (Lipinski definition) is 0. The minimum atomic E-state index is -0.201. The molecule has 0 amide bonds. The Hall–Kier alpha value is -1.57. The van der Waals surface area contributed by atoms with Crippen molar-refractivity contribution in [3.05, 3.63) is 47.5 Å². The van der Waals surface area contributed by atoms with Crippen LogP contribution in [0.15, 0.2) is 42.0 Å². The van der Waals surface area contributed by atoms with E-state index in [1.54, 1.807) is 0 Å². The van der Waals surface area contributed by atoms with Crippen LogP contribution in [0.1, 0.15) is 44.6 Å². The number of carbonyl (C=O) groups excluding carboxylic acids is 1. The third-order valence-electron chi connectivity index (χ3n) is 3.86. The lowest BCUT2D eigenvalue weighted by atomic mass is 9.87. The summed E-state index contributed by atoms with van der Waals surface area (Å²) < 4.78 is 5.21. The van der Waals surface area contributed by atoms with Gasteiger partial charge in [0.15, 0.2) is 0 Å². The first-order chi connectivity index (χ1) is 9.74. The number of hydrogen-bond acceptors (Lipinski definition) is 2. The SMILES string of the molecule is CC(=O)OCC(=CC1CCCCC1)Cc1ccccc1. The molecular formula is C18H24O2. The number of esters is 1. The van der Waals surface area contributed by atoms with Crippen LogP contribution < -0.4 is 0 Å². The summed E-state index contributed by atoms with van der Waals surface area (Å²) in [5, 5.41) is 0. The van der Waals surface area contributed by atoms with Crippen LogP contribution in [0.4, 0.5) is 0 Å². The first-order valence-electron chi connectivity index (χ1n) is 7.61. The molecule has 1 aliphatic carbocycles. The normalized spacial score (nSPS) is 16.9. The van der Waals surface area contributed by atoms with E-state index >= 15 is 0 Å². The van der Waals surface area contributed by atoms with E-state index in [1.165, 1.54) is 50.2 Å². The molecule has 1 saturated carbocycles. The quantitative estimate of drug-likeness (QED) is 0.590. The van der Waals surface area contributed by atoms with Crippen molar-refractivity contribution in [2.24, 2.45) is 5.92 Å². The Morgan fingerprint density at radius 2 is 1.90 bits per heavy atom. The minimum Gasteiger partial charge on any atom is -0.461 e. The molecule has 108 valence electrons. The number of allylic oxidation sites excluding steroid dienone is 1. The molecule has 2 rings (SSSR count). The summed E-state index contributed by atoms with van der Waals surface area (Å²) in [6.07, 6.45) is 9.81. The molecule has 0 radical (unpaired) electrons. The maximum absolute atomic E-state index is 11.0. The second kappa shape index (κ2) is 7.88. The van der Waals surface area contributed by atoms with Crippen LogP contribution in [-0.2, 0) is 16.0 Å². The Morgan fingerprint density at radius 3 is 2.55 bits per heavy atom. The van der Waals surface area contributed by atoms with E-state index in [-0.39, 0.29) is 5.97 Å². The third kappa shape index (κ3) is 5.20. The predicted octanol–water partition coefficient (Wildman–Crippen LogP) is 4.30. The van der Waals surface area contributed by atoms with Crippen molar-refractivity contribution in [1.82, 2.24) is 0 Å². The second-order valence-electron chi connectivity index (χ2n) is 5.67. The van der Waals surface area contributed by atoms with Crippen molar-refractivity contribution in [2.75, 3.05) is 6.61 Å². The summed E-state index contributed by atoms with van der Waals surface area (Å²) in [7, 11) is 0. The van der Waals surface area contributed by atoms with Gasteiger partial charge in [-0.15, -0.1) is 0 Å². The highest BCUT2D eigenvalue weighted by molar-refractivity contribution is 5.66. The van der Waals surface area contributed by atoms with E-state index in [4.69, 9.17) is 4.74 Å². The predicted molar refractivity (Wildman–Crippen MR) is 81.4 cm³/mol. The molecule has 0 N–H and O–H groups in total. The average Bonchev–Trinajstić information content (AvgIpc) is 2.47. The fourth-order valence-corrected chi connectivity index (χ4v) is 2.84. The zero-order valence-corrected chi connectivity index (χ0v) is 12.3. The summed E-state index contributed by atoms with van der Waals surface area (Å²) >= 11 is 0. The summed E-state index contributed by atoms with van der Waals surface area (Å²) in [6.45, 7) is 1.90.